The van der Waals surface area contributed by atoms with Crippen molar-refractivity contribution in [2.24, 2.45) is 0 Å². The van der Waals surface area contributed by atoms with E-state index in [4.69, 9.17) is 11.6 Å². The van der Waals surface area contributed by atoms with Gasteiger partial charge in [-0.2, -0.15) is 0 Å². The van der Waals surface area contributed by atoms with Crippen LogP contribution in [0.1, 0.15) is 30.1 Å². The fourth-order valence-electron chi connectivity index (χ4n) is 2.20. The molecular weight excluding hydrogens is 410 g/mol. The molecule has 1 fully saturated rings. The van der Waals surface area contributed by atoms with Crippen molar-refractivity contribution in [1.82, 2.24) is 21.0 Å². The Morgan fingerprint density at radius 2 is 1.93 bits per heavy atom. The molecule has 1 aromatic heterocycles. The highest BCUT2D eigenvalue weighted by molar-refractivity contribution is 8.01. The van der Waals surface area contributed by atoms with Crippen LogP contribution in [0.5, 0.6) is 0 Å². The quantitative estimate of drug-likeness (QED) is 0.418. The molecule has 0 unspecified atom stereocenters. The van der Waals surface area contributed by atoms with Gasteiger partial charge < -0.3 is 0 Å². The van der Waals surface area contributed by atoms with E-state index in [1.54, 1.807) is 29.2 Å². The highest BCUT2D eigenvalue weighted by Crippen LogP contribution is 2.35. The average Bonchev–Trinajstić information content (AvgIpc) is 3.35. The zero-order valence-corrected chi connectivity index (χ0v) is 16.7. The lowest BCUT2D eigenvalue weighted by Crippen LogP contribution is -2.42. The third kappa shape index (κ3) is 5.41. The number of hydrogen-bond donors (Lipinski definition) is 2. The average molecular weight is 426 g/mol. The van der Waals surface area contributed by atoms with Crippen molar-refractivity contribution < 1.29 is 14.4 Å². The Morgan fingerprint density at radius 1 is 1.22 bits per heavy atom. The van der Waals surface area contributed by atoms with Crippen molar-refractivity contribution in [2.75, 3.05) is 10.7 Å². The summed E-state index contributed by atoms with van der Waals surface area (Å²) >= 11 is 8.22. The summed E-state index contributed by atoms with van der Waals surface area (Å²) in [6, 6.07) is 6.50. The lowest BCUT2D eigenvalue weighted by molar-refractivity contribution is -0.119. The number of thioether (sulfide) groups is 1. The van der Waals surface area contributed by atoms with Gasteiger partial charge in [-0.15, -0.1) is 10.2 Å². The maximum absolute atomic E-state index is 11.9. The van der Waals surface area contributed by atoms with Gasteiger partial charge in [0.2, 0.25) is 16.9 Å². The number of carbonyl (C=O) groups excluding carboxylic acids is 3. The van der Waals surface area contributed by atoms with Gasteiger partial charge in [0, 0.05) is 23.6 Å². The Hall–Kier alpha value is -2.17. The van der Waals surface area contributed by atoms with E-state index >= 15 is 0 Å². The van der Waals surface area contributed by atoms with Gasteiger partial charge in [0.05, 0.1) is 5.75 Å². The molecule has 2 aromatic rings. The van der Waals surface area contributed by atoms with Crippen LogP contribution in [-0.2, 0) is 9.59 Å². The van der Waals surface area contributed by atoms with E-state index in [0.29, 0.717) is 20.1 Å². The van der Waals surface area contributed by atoms with Crippen molar-refractivity contribution in [3.63, 3.8) is 0 Å². The van der Waals surface area contributed by atoms with Gasteiger partial charge in [0.25, 0.3) is 5.91 Å². The molecule has 1 aromatic carbocycles. The predicted molar refractivity (Wildman–Crippen MR) is 104 cm³/mol. The molecule has 8 nitrogen and oxygen atoms in total. The molecule has 3 amide bonds. The van der Waals surface area contributed by atoms with Crippen LogP contribution in [0.2, 0.25) is 5.02 Å². The van der Waals surface area contributed by atoms with Gasteiger partial charge in [0.1, 0.15) is 0 Å². The fourth-order valence-corrected chi connectivity index (χ4v) is 4.09. The molecular formula is C16H16ClN5O3S2. The first-order valence-electron chi connectivity index (χ1n) is 8.05. The number of amides is 3. The number of nitrogens with one attached hydrogen (secondary N) is 2. The highest BCUT2D eigenvalue weighted by atomic mass is 35.5. The largest absolute Gasteiger partial charge is 0.284 e. The first kappa shape index (κ1) is 19.6. The van der Waals surface area contributed by atoms with E-state index in [9.17, 15) is 14.4 Å². The molecule has 27 heavy (non-hydrogen) atoms. The van der Waals surface area contributed by atoms with Crippen molar-refractivity contribution >= 4 is 57.6 Å². The number of rotatable bonds is 6. The third-order valence-corrected chi connectivity index (χ3v) is 5.91. The minimum Gasteiger partial charge on any atom is -0.284 e. The minimum atomic E-state index is -0.440. The topological polar surface area (TPSA) is 104 Å². The first-order chi connectivity index (χ1) is 12.9. The second-order valence-electron chi connectivity index (χ2n) is 5.77. The third-order valence-electron chi connectivity index (χ3n) is 3.60. The van der Waals surface area contributed by atoms with Crippen LogP contribution in [0.25, 0.3) is 0 Å². The summed E-state index contributed by atoms with van der Waals surface area (Å²) in [6.45, 7) is 1.50. The number of nitrogens with zero attached hydrogens (tertiary/aromatic N) is 3. The summed E-state index contributed by atoms with van der Waals surface area (Å²) in [7, 11) is 0. The van der Waals surface area contributed by atoms with Crippen LogP contribution >= 0.6 is 34.7 Å². The molecule has 2 N–H and O–H groups in total. The summed E-state index contributed by atoms with van der Waals surface area (Å²) in [5, 5.41) is 9.12. The molecule has 0 radical (unpaired) electrons. The second kappa shape index (κ2) is 8.68. The van der Waals surface area contributed by atoms with Crippen molar-refractivity contribution in [2.45, 2.75) is 30.1 Å². The lowest BCUT2D eigenvalue weighted by Gasteiger charge is -2.15. The monoisotopic (exact) mass is 425 g/mol. The molecule has 0 saturated heterocycles. The second-order valence-corrected chi connectivity index (χ2v) is 8.38. The molecule has 0 bridgehead atoms. The normalized spacial score (nSPS) is 13.1. The minimum absolute atomic E-state index is 0.0546. The number of anilines is 1. The number of hydrogen-bond acceptors (Lipinski definition) is 7. The Morgan fingerprint density at radius 3 is 2.56 bits per heavy atom. The molecule has 1 aliphatic rings. The standard InChI is InChI=1S/C16H16ClN5O3S2/c1-9(23)22(12-6-7-12)15-20-21-16(27-15)26-8-13(24)18-19-14(25)10-2-4-11(17)5-3-10/h2-5,12H,6-8H2,1H3,(H,18,24)(H,19,25). The van der Waals surface area contributed by atoms with Crippen LogP contribution in [-0.4, -0.2) is 39.7 Å². The number of carbonyl (C=O) groups is 3. The smallest absolute Gasteiger partial charge is 0.269 e. The van der Waals surface area contributed by atoms with Crippen LogP contribution in [0.15, 0.2) is 28.6 Å². The Labute approximate surface area is 168 Å². The molecule has 3 rings (SSSR count). The van der Waals surface area contributed by atoms with Crippen molar-refractivity contribution in [3.05, 3.63) is 34.9 Å². The predicted octanol–water partition coefficient (Wildman–Crippen LogP) is 2.26. The van der Waals surface area contributed by atoms with E-state index in [1.807, 2.05) is 0 Å². The van der Waals surface area contributed by atoms with Crippen LogP contribution in [0.3, 0.4) is 0 Å². The van der Waals surface area contributed by atoms with Gasteiger partial charge in [-0.25, -0.2) is 0 Å². The lowest BCUT2D eigenvalue weighted by atomic mass is 10.2. The van der Waals surface area contributed by atoms with E-state index < -0.39 is 5.91 Å². The maximum Gasteiger partial charge on any atom is 0.269 e. The molecule has 1 aliphatic carbocycles. The van der Waals surface area contributed by atoms with Crippen LogP contribution in [0.4, 0.5) is 5.13 Å². The number of halogens is 1. The molecule has 0 spiro atoms. The van der Waals surface area contributed by atoms with E-state index in [1.165, 1.54) is 30.0 Å². The summed E-state index contributed by atoms with van der Waals surface area (Å²) in [4.78, 5) is 37.2. The highest BCUT2D eigenvalue weighted by Gasteiger charge is 2.34. The van der Waals surface area contributed by atoms with E-state index in [-0.39, 0.29) is 23.6 Å². The fraction of sp³-hybridized carbons (Fsp3) is 0.312. The van der Waals surface area contributed by atoms with Crippen molar-refractivity contribution in [3.8, 4) is 0 Å². The molecule has 0 atom stereocenters. The SMILES string of the molecule is CC(=O)N(c1nnc(SCC(=O)NNC(=O)c2ccc(Cl)cc2)s1)C1CC1. The van der Waals surface area contributed by atoms with Gasteiger partial charge in [-0.1, -0.05) is 34.7 Å². The Balaban J connectivity index is 1.46. The van der Waals surface area contributed by atoms with E-state index in [0.717, 1.165) is 12.8 Å². The molecule has 1 saturated carbocycles. The molecule has 142 valence electrons. The summed E-state index contributed by atoms with van der Waals surface area (Å²) in [5.41, 5.74) is 5.06. The van der Waals surface area contributed by atoms with Crippen LogP contribution in [0, 0.1) is 0 Å². The molecule has 11 heteroatoms. The molecule has 1 heterocycles. The number of hydrazine groups is 1. The number of benzene rings is 1. The summed E-state index contributed by atoms with van der Waals surface area (Å²) < 4.78 is 0.580. The van der Waals surface area contributed by atoms with Gasteiger partial charge in [-0.05, 0) is 37.1 Å². The van der Waals surface area contributed by atoms with Gasteiger partial charge >= 0.3 is 0 Å². The van der Waals surface area contributed by atoms with Gasteiger partial charge in [-0.3, -0.25) is 30.1 Å². The maximum atomic E-state index is 11.9. The summed E-state index contributed by atoms with van der Waals surface area (Å²) in [5.74, 6) is -0.832. The zero-order chi connectivity index (χ0) is 19.4. The van der Waals surface area contributed by atoms with E-state index in [2.05, 4.69) is 21.0 Å². The van der Waals surface area contributed by atoms with Gasteiger partial charge in [0.15, 0.2) is 4.34 Å². The summed E-state index contributed by atoms with van der Waals surface area (Å²) in [6.07, 6.45) is 1.94. The van der Waals surface area contributed by atoms with Crippen LogP contribution < -0.4 is 15.8 Å². The molecule has 0 aliphatic heterocycles. The Kier molecular flexibility index (Phi) is 6.30. The van der Waals surface area contributed by atoms with Crippen molar-refractivity contribution in [1.29, 1.82) is 0 Å². The Bertz CT molecular complexity index is 854. The zero-order valence-electron chi connectivity index (χ0n) is 14.3. The first-order valence-corrected chi connectivity index (χ1v) is 10.2. The number of aromatic nitrogens is 2.